The second kappa shape index (κ2) is 5.90. The molecule has 2 aromatic carbocycles. The third kappa shape index (κ3) is 2.54. The SMILES string of the molecule is COc1ccc(S(=O)(=O)N2c3cc(N)ccc3C[C@@H]2C)cc1OC. The van der Waals surface area contributed by atoms with Crippen molar-refractivity contribution < 1.29 is 17.9 Å². The fraction of sp³-hybridized carbons (Fsp3) is 0.294. The maximum Gasteiger partial charge on any atom is 0.264 e. The van der Waals surface area contributed by atoms with Crippen LogP contribution in [0.25, 0.3) is 0 Å². The van der Waals surface area contributed by atoms with E-state index in [1.807, 2.05) is 13.0 Å². The molecule has 0 aromatic heterocycles. The highest BCUT2D eigenvalue weighted by molar-refractivity contribution is 7.92. The average molecular weight is 348 g/mol. The summed E-state index contributed by atoms with van der Waals surface area (Å²) in [5.74, 6) is 0.855. The van der Waals surface area contributed by atoms with E-state index in [1.54, 1.807) is 18.2 Å². The molecule has 128 valence electrons. The van der Waals surface area contributed by atoms with Crippen molar-refractivity contribution in [1.29, 1.82) is 0 Å². The Balaban J connectivity index is 2.11. The lowest BCUT2D eigenvalue weighted by molar-refractivity contribution is 0.354. The summed E-state index contributed by atoms with van der Waals surface area (Å²) in [6.45, 7) is 1.88. The molecule has 1 atom stereocenters. The van der Waals surface area contributed by atoms with Gasteiger partial charge in [-0.3, -0.25) is 4.31 Å². The van der Waals surface area contributed by atoms with Gasteiger partial charge >= 0.3 is 0 Å². The lowest BCUT2D eigenvalue weighted by atomic mass is 10.1. The van der Waals surface area contributed by atoms with Gasteiger partial charge in [0.2, 0.25) is 0 Å². The summed E-state index contributed by atoms with van der Waals surface area (Å²) < 4.78 is 38.2. The molecule has 0 radical (unpaired) electrons. The fourth-order valence-corrected chi connectivity index (χ4v) is 4.75. The van der Waals surface area contributed by atoms with E-state index in [0.29, 0.717) is 29.3 Å². The molecule has 1 aliphatic rings. The lowest BCUT2D eigenvalue weighted by Crippen LogP contribution is -2.35. The summed E-state index contributed by atoms with van der Waals surface area (Å²) in [6.07, 6.45) is 0.655. The van der Waals surface area contributed by atoms with Crippen LogP contribution in [0.15, 0.2) is 41.3 Å². The maximum atomic E-state index is 13.2. The van der Waals surface area contributed by atoms with Crippen molar-refractivity contribution in [2.75, 3.05) is 24.3 Å². The van der Waals surface area contributed by atoms with Gasteiger partial charge in [0.25, 0.3) is 10.0 Å². The molecule has 0 bridgehead atoms. The van der Waals surface area contributed by atoms with E-state index in [-0.39, 0.29) is 10.9 Å². The third-order valence-corrected chi connectivity index (χ3v) is 6.10. The average Bonchev–Trinajstić information content (AvgIpc) is 2.89. The molecule has 0 aliphatic carbocycles. The molecule has 7 heteroatoms. The molecule has 0 saturated carbocycles. The second-order valence-corrected chi connectivity index (χ2v) is 7.57. The minimum absolute atomic E-state index is 0.155. The van der Waals surface area contributed by atoms with Crippen LogP contribution in [0.5, 0.6) is 11.5 Å². The lowest BCUT2D eigenvalue weighted by Gasteiger charge is -2.25. The van der Waals surface area contributed by atoms with Crippen LogP contribution in [0.4, 0.5) is 11.4 Å². The molecule has 2 aromatic rings. The Morgan fingerprint density at radius 2 is 1.79 bits per heavy atom. The van der Waals surface area contributed by atoms with Crippen LogP contribution < -0.4 is 19.5 Å². The first-order valence-corrected chi connectivity index (χ1v) is 8.97. The van der Waals surface area contributed by atoms with Gasteiger partial charge in [0, 0.05) is 17.8 Å². The second-order valence-electron chi connectivity index (χ2n) is 5.76. The molecular weight excluding hydrogens is 328 g/mol. The zero-order valence-corrected chi connectivity index (χ0v) is 14.6. The molecule has 0 spiro atoms. The van der Waals surface area contributed by atoms with Crippen LogP contribution in [0.2, 0.25) is 0 Å². The molecule has 0 saturated heterocycles. The summed E-state index contributed by atoms with van der Waals surface area (Å²) in [7, 11) is -0.751. The number of rotatable bonds is 4. The van der Waals surface area contributed by atoms with E-state index < -0.39 is 10.0 Å². The smallest absolute Gasteiger partial charge is 0.264 e. The Bertz CT molecular complexity index is 880. The maximum absolute atomic E-state index is 13.2. The zero-order chi connectivity index (χ0) is 17.5. The number of ether oxygens (including phenoxy) is 2. The van der Waals surface area contributed by atoms with Crippen LogP contribution in [-0.4, -0.2) is 28.7 Å². The van der Waals surface area contributed by atoms with Gasteiger partial charge in [-0.15, -0.1) is 0 Å². The Morgan fingerprint density at radius 3 is 2.46 bits per heavy atom. The highest BCUT2D eigenvalue weighted by Gasteiger charge is 2.36. The number of benzene rings is 2. The molecule has 24 heavy (non-hydrogen) atoms. The number of fused-ring (bicyclic) bond motifs is 1. The molecule has 1 heterocycles. The van der Waals surface area contributed by atoms with Crippen molar-refractivity contribution in [1.82, 2.24) is 0 Å². The Labute approximate surface area is 141 Å². The standard InChI is InChI=1S/C17H20N2O4S/c1-11-8-12-4-5-13(18)9-15(12)19(11)24(20,21)14-6-7-16(22-2)17(10-14)23-3/h4-7,9-11H,8,18H2,1-3H3/t11-/m0/s1. The number of hydrogen-bond donors (Lipinski definition) is 1. The van der Waals surface area contributed by atoms with Gasteiger partial charge in [-0.2, -0.15) is 0 Å². The molecule has 0 unspecified atom stereocenters. The van der Waals surface area contributed by atoms with Gasteiger partial charge < -0.3 is 15.2 Å². The summed E-state index contributed by atoms with van der Waals surface area (Å²) in [5.41, 5.74) is 7.99. The molecule has 1 aliphatic heterocycles. The molecule has 0 fully saturated rings. The first kappa shape index (κ1) is 16.4. The predicted molar refractivity (Wildman–Crippen MR) is 93.2 cm³/mol. The zero-order valence-electron chi connectivity index (χ0n) is 13.8. The number of hydrogen-bond acceptors (Lipinski definition) is 5. The van der Waals surface area contributed by atoms with Crippen molar-refractivity contribution in [2.45, 2.75) is 24.3 Å². The van der Waals surface area contributed by atoms with Gasteiger partial charge in [0.1, 0.15) is 0 Å². The predicted octanol–water partition coefficient (Wildman–Crippen LogP) is 2.43. The molecule has 2 N–H and O–H groups in total. The summed E-state index contributed by atoms with van der Waals surface area (Å²) >= 11 is 0. The van der Waals surface area contributed by atoms with Crippen molar-refractivity contribution >= 4 is 21.4 Å². The third-order valence-electron chi connectivity index (χ3n) is 4.17. The number of anilines is 2. The van der Waals surface area contributed by atoms with Gasteiger partial charge in [-0.05, 0) is 43.2 Å². The Hall–Kier alpha value is -2.41. The number of nitrogen functional groups attached to an aromatic ring is 1. The van der Waals surface area contributed by atoms with E-state index >= 15 is 0 Å². The Kier molecular flexibility index (Phi) is 4.04. The summed E-state index contributed by atoms with van der Waals surface area (Å²) in [6, 6.07) is 9.78. The molecule has 3 rings (SSSR count). The Morgan fingerprint density at radius 1 is 1.08 bits per heavy atom. The number of methoxy groups -OCH3 is 2. The topological polar surface area (TPSA) is 81.9 Å². The fourth-order valence-electron chi connectivity index (χ4n) is 3.05. The highest BCUT2D eigenvalue weighted by Crippen LogP contribution is 2.39. The van der Waals surface area contributed by atoms with Crippen molar-refractivity contribution in [2.24, 2.45) is 0 Å². The first-order valence-electron chi connectivity index (χ1n) is 7.53. The van der Waals surface area contributed by atoms with Gasteiger partial charge in [-0.1, -0.05) is 6.07 Å². The number of nitrogens with two attached hydrogens (primary N) is 1. The van der Waals surface area contributed by atoms with Gasteiger partial charge in [-0.25, -0.2) is 8.42 Å². The van der Waals surface area contributed by atoms with Gasteiger partial charge in [0.05, 0.1) is 24.8 Å². The van der Waals surface area contributed by atoms with Gasteiger partial charge in [0.15, 0.2) is 11.5 Å². The van der Waals surface area contributed by atoms with E-state index in [1.165, 1.54) is 30.7 Å². The van der Waals surface area contributed by atoms with Crippen LogP contribution in [0.3, 0.4) is 0 Å². The summed E-state index contributed by atoms with van der Waals surface area (Å²) in [5, 5.41) is 0. The largest absolute Gasteiger partial charge is 0.493 e. The van der Waals surface area contributed by atoms with E-state index in [4.69, 9.17) is 15.2 Å². The first-order chi connectivity index (χ1) is 11.4. The van der Waals surface area contributed by atoms with E-state index in [9.17, 15) is 8.42 Å². The number of nitrogens with zero attached hydrogens (tertiary/aromatic N) is 1. The minimum Gasteiger partial charge on any atom is -0.493 e. The van der Waals surface area contributed by atoms with Crippen molar-refractivity contribution in [3.05, 3.63) is 42.0 Å². The monoisotopic (exact) mass is 348 g/mol. The molecule has 0 amide bonds. The van der Waals surface area contributed by atoms with Crippen LogP contribution in [0.1, 0.15) is 12.5 Å². The normalized spacial score (nSPS) is 16.8. The highest BCUT2D eigenvalue weighted by atomic mass is 32.2. The van der Waals surface area contributed by atoms with Crippen molar-refractivity contribution in [3.63, 3.8) is 0 Å². The summed E-state index contributed by atoms with van der Waals surface area (Å²) in [4.78, 5) is 0.155. The number of sulfonamides is 1. The van der Waals surface area contributed by atoms with Crippen molar-refractivity contribution in [3.8, 4) is 11.5 Å². The quantitative estimate of drug-likeness (QED) is 0.858. The van der Waals surface area contributed by atoms with Crippen LogP contribution in [0, 0.1) is 0 Å². The molecule has 6 nitrogen and oxygen atoms in total. The van der Waals surface area contributed by atoms with Crippen LogP contribution >= 0.6 is 0 Å². The van der Waals surface area contributed by atoms with E-state index in [2.05, 4.69) is 0 Å². The van der Waals surface area contributed by atoms with Crippen LogP contribution in [-0.2, 0) is 16.4 Å². The van der Waals surface area contributed by atoms with E-state index in [0.717, 1.165) is 5.56 Å². The minimum atomic E-state index is -3.73. The molecular formula is C17H20N2O4S.